The Balaban J connectivity index is 2.71. The molecule has 4 nitrogen and oxygen atoms in total. The number of nitrogens with zero attached hydrogens (tertiary/aromatic N) is 1. The molecule has 1 rings (SSSR count). The van der Waals surface area contributed by atoms with Crippen molar-refractivity contribution >= 4 is 21.6 Å². The van der Waals surface area contributed by atoms with Crippen LogP contribution in [0.4, 0.5) is 5.69 Å². The Morgan fingerprint density at radius 2 is 2.05 bits per heavy atom. The molecule has 1 aromatic rings. The molecule has 19 heavy (non-hydrogen) atoms. The summed E-state index contributed by atoms with van der Waals surface area (Å²) in [6, 6.07) is 5.17. The van der Waals surface area contributed by atoms with E-state index in [0.717, 1.165) is 11.0 Å². The number of nitro groups is 1. The van der Waals surface area contributed by atoms with Gasteiger partial charge in [-0.15, -0.1) is 0 Å². The van der Waals surface area contributed by atoms with Gasteiger partial charge in [0.05, 0.1) is 4.92 Å². The summed E-state index contributed by atoms with van der Waals surface area (Å²) >= 11 is 3.26. The number of hydrogen-bond acceptors (Lipinski definition) is 3. The molecule has 0 atom stereocenters. The molecule has 0 fully saturated rings. The zero-order chi connectivity index (χ0) is 14.6. The van der Waals surface area contributed by atoms with Crippen LogP contribution in [-0.2, 0) is 6.54 Å². The maximum absolute atomic E-state index is 11.0. The van der Waals surface area contributed by atoms with Crippen molar-refractivity contribution in [1.82, 2.24) is 5.32 Å². The van der Waals surface area contributed by atoms with Crippen molar-refractivity contribution in [2.24, 2.45) is 11.3 Å². The Labute approximate surface area is 122 Å². The summed E-state index contributed by atoms with van der Waals surface area (Å²) in [6.45, 7) is 10.1. The Bertz CT molecular complexity index is 459. The Morgan fingerprint density at radius 3 is 2.58 bits per heavy atom. The summed E-state index contributed by atoms with van der Waals surface area (Å²) in [6.07, 6.45) is 0. The van der Waals surface area contributed by atoms with Gasteiger partial charge in [0.2, 0.25) is 0 Å². The van der Waals surface area contributed by atoms with Crippen LogP contribution in [0.15, 0.2) is 22.7 Å². The molecule has 0 saturated heterocycles. The molecule has 0 aliphatic heterocycles. The average molecular weight is 329 g/mol. The highest BCUT2D eigenvalue weighted by molar-refractivity contribution is 9.10. The molecule has 0 saturated carbocycles. The molecule has 0 bridgehead atoms. The van der Waals surface area contributed by atoms with Gasteiger partial charge in [-0.05, 0) is 23.5 Å². The molecule has 0 amide bonds. The molecule has 0 spiro atoms. The van der Waals surface area contributed by atoms with Gasteiger partial charge in [-0.2, -0.15) is 0 Å². The van der Waals surface area contributed by atoms with Gasteiger partial charge in [0.1, 0.15) is 0 Å². The third-order valence-corrected chi connectivity index (χ3v) is 4.20. The number of benzene rings is 1. The summed E-state index contributed by atoms with van der Waals surface area (Å²) < 4.78 is 0.727. The lowest BCUT2D eigenvalue weighted by atomic mass is 9.81. The lowest BCUT2D eigenvalue weighted by Crippen LogP contribution is -2.33. The van der Waals surface area contributed by atoms with Gasteiger partial charge in [0.15, 0.2) is 0 Å². The Morgan fingerprint density at radius 1 is 1.42 bits per heavy atom. The first-order valence-electron chi connectivity index (χ1n) is 6.37. The molecule has 0 aliphatic rings. The van der Waals surface area contributed by atoms with Gasteiger partial charge >= 0.3 is 0 Å². The SMILES string of the molecule is CC(C)C(C)(C)CNCc1ccc(Br)cc1[N+](=O)[O-]. The highest BCUT2D eigenvalue weighted by atomic mass is 79.9. The maximum atomic E-state index is 11.0. The Kier molecular flexibility index (Phi) is 5.50. The largest absolute Gasteiger partial charge is 0.312 e. The van der Waals surface area contributed by atoms with E-state index in [-0.39, 0.29) is 16.0 Å². The molecular formula is C14H21BrN2O2. The fourth-order valence-corrected chi connectivity index (χ4v) is 1.93. The van der Waals surface area contributed by atoms with Gasteiger partial charge in [-0.1, -0.05) is 43.6 Å². The third-order valence-electron chi connectivity index (χ3n) is 3.70. The van der Waals surface area contributed by atoms with E-state index in [1.165, 1.54) is 0 Å². The van der Waals surface area contributed by atoms with Crippen molar-refractivity contribution in [3.63, 3.8) is 0 Å². The van der Waals surface area contributed by atoms with Crippen LogP contribution in [0.5, 0.6) is 0 Å². The van der Waals surface area contributed by atoms with Crippen LogP contribution in [-0.4, -0.2) is 11.5 Å². The number of nitrogens with one attached hydrogen (secondary N) is 1. The first kappa shape index (κ1) is 16.1. The maximum Gasteiger partial charge on any atom is 0.275 e. The summed E-state index contributed by atoms with van der Waals surface area (Å²) in [5, 5.41) is 14.3. The average Bonchev–Trinajstić information content (AvgIpc) is 2.30. The minimum absolute atomic E-state index is 0.157. The summed E-state index contributed by atoms with van der Waals surface area (Å²) in [7, 11) is 0. The highest BCUT2D eigenvalue weighted by Crippen LogP contribution is 2.26. The normalized spacial score (nSPS) is 11.9. The molecule has 5 heteroatoms. The zero-order valence-corrected chi connectivity index (χ0v) is 13.5. The molecule has 0 aliphatic carbocycles. The molecule has 1 N–H and O–H groups in total. The highest BCUT2D eigenvalue weighted by Gasteiger charge is 2.22. The number of halogens is 1. The first-order chi connectivity index (χ1) is 8.74. The lowest BCUT2D eigenvalue weighted by Gasteiger charge is -2.29. The lowest BCUT2D eigenvalue weighted by molar-refractivity contribution is -0.385. The van der Waals surface area contributed by atoms with E-state index in [0.29, 0.717) is 18.0 Å². The van der Waals surface area contributed by atoms with Crippen molar-refractivity contribution in [3.05, 3.63) is 38.3 Å². The molecular weight excluding hydrogens is 308 g/mol. The van der Waals surface area contributed by atoms with Crippen molar-refractivity contribution in [3.8, 4) is 0 Å². The van der Waals surface area contributed by atoms with Gasteiger partial charge < -0.3 is 5.32 Å². The van der Waals surface area contributed by atoms with Crippen molar-refractivity contribution in [2.75, 3.05) is 6.54 Å². The van der Waals surface area contributed by atoms with E-state index in [1.54, 1.807) is 12.1 Å². The minimum atomic E-state index is -0.338. The van der Waals surface area contributed by atoms with Crippen LogP contribution in [0.3, 0.4) is 0 Å². The Hall–Kier alpha value is -0.940. The molecule has 106 valence electrons. The topological polar surface area (TPSA) is 55.2 Å². The number of rotatable bonds is 6. The van der Waals surface area contributed by atoms with Crippen molar-refractivity contribution < 1.29 is 4.92 Å². The fraction of sp³-hybridized carbons (Fsp3) is 0.571. The van der Waals surface area contributed by atoms with Crippen LogP contribution in [0, 0.1) is 21.4 Å². The second-order valence-electron chi connectivity index (χ2n) is 5.78. The number of hydrogen-bond donors (Lipinski definition) is 1. The first-order valence-corrected chi connectivity index (χ1v) is 7.17. The zero-order valence-electron chi connectivity index (χ0n) is 11.9. The number of nitro benzene ring substituents is 1. The van der Waals surface area contributed by atoms with Gasteiger partial charge in [-0.3, -0.25) is 10.1 Å². The van der Waals surface area contributed by atoms with E-state index in [4.69, 9.17) is 0 Å². The summed E-state index contributed by atoms with van der Waals surface area (Å²) in [5.74, 6) is 0.555. The predicted molar refractivity (Wildman–Crippen MR) is 81.1 cm³/mol. The predicted octanol–water partition coefficient (Wildman–Crippen LogP) is 4.13. The van der Waals surface area contributed by atoms with E-state index in [9.17, 15) is 10.1 Å². The minimum Gasteiger partial charge on any atom is -0.312 e. The van der Waals surface area contributed by atoms with Crippen LogP contribution >= 0.6 is 15.9 Å². The second kappa shape index (κ2) is 6.48. The fourth-order valence-electron chi connectivity index (χ4n) is 1.58. The van der Waals surface area contributed by atoms with Gasteiger partial charge in [-0.25, -0.2) is 0 Å². The third kappa shape index (κ3) is 4.58. The second-order valence-corrected chi connectivity index (χ2v) is 6.69. The van der Waals surface area contributed by atoms with Crippen molar-refractivity contribution in [1.29, 1.82) is 0 Å². The van der Waals surface area contributed by atoms with Gasteiger partial charge in [0, 0.05) is 29.2 Å². The smallest absolute Gasteiger partial charge is 0.275 e. The van der Waals surface area contributed by atoms with E-state index in [2.05, 4.69) is 48.9 Å². The van der Waals surface area contributed by atoms with Crippen LogP contribution in [0.25, 0.3) is 0 Å². The summed E-state index contributed by atoms with van der Waals surface area (Å²) in [5.41, 5.74) is 1.04. The molecule has 0 heterocycles. The molecule has 1 aromatic carbocycles. The van der Waals surface area contributed by atoms with Gasteiger partial charge in [0.25, 0.3) is 5.69 Å². The van der Waals surface area contributed by atoms with Crippen molar-refractivity contribution in [2.45, 2.75) is 34.2 Å². The standard InChI is InChI=1S/C14H21BrN2O2/c1-10(2)14(3,4)9-16-8-11-5-6-12(15)7-13(11)17(18)19/h5-7,10,16H,8-9H2,1-4H3. The molecule has 0 aromatic heterocycles. The quantitative estimate of drug-likeness (QED) is 0.631. The van der Waals surface area contributed by atoms with E-state index >= 15 is 0 Å². The summed E-state index contributed by atoms with van der Waals surface area (Å²) in [4.78, 5) is 10.7. The van der Waals surface area contributed by atoms with Crippen LogP contribution in [0.1, 0.15) is 33.3 Å². The van der Waals surface area contributed by atoms with Crippen LogP contribution < -0.4 is 5.32 Å². The van der Waals surface area contributed by atoms with Crippen LogP contribution in [0.2, 0.25) is 0 Å². The molecule has 0 unspecified atom stereocenters. The van der Waals surface area contributed by atoms with E-state index < -0.39 is 0 Å². The molecule has 0 radical (unpaired) electrons. The van der Waals surface area contributed by atoms with E-state index in [1.807, 2.05) is 6.07 Å². The monoisotopic (exact) mass is 328 g/mol.